The van der Waals surface area contributed by atoms with Crippen LogP contribution in [-0.2, 0) is 21.2 Å². The number of sulfonamides is 1. The van der Waals surface area contributed by atoms with E-state index in [4.69, 9.17) is 4.74 Å². The van der Waals surface area contributed by atoms with Crippen LogP contribution in [0.3, 0.4) is 0 Å². The summed E-state index contributed by atoms with van der Waals surface area (Å²) in [5.74, 6) is 0.680. The fourth-order valence-corrected chi connectivity index (χ4v) is 4.48. The smallest absolute Gasteiger partial charge is 0.236 e. The first-order chi connectivity index (χ1) is 13.6. The SMILES string of the molecule is CCCCOCCCN=C(NCC)NCCS(=O)(=O)N1CCc2ccccc21. The van der Waals surface area contributed by atoms with Gasteiger partial charge in [0, 0.05) is 39.4 Å². The van der Waals surface area contributed by atoms with Crippen molar-refractivity contribution in [1.82, 2.24) is 10.6 Å². The van der Waals surface area contributed by atoms with Crippen LogP contribution in [0.15, 0.2) is 29.3 Å². The van der Waals surface area contributed by atoms with Gasteiger partial charge in [-0.05, 0) is 37.8 Å². The van der Waals surface area contributed by atoms with Gasteiger partial charge in [-0.1, -0.05) is 31.5 Å². The Hall–Kier alpha value is -1.80. The molecule has 0 saturated carbocycles. The third-order valence-corrected chi connectivity index (χ3v) is 6.31. The Morgan fingerprint density at radius 3 is 2.75 bits per heavy atom. The summed E-state index contributed by atoms with van der Waals surface area (Å²) < 4.78 is 32.5. The number of para-hydroxylation sites is 1. The number of guanidine groups is 1. The molecular formula is C20H34N4O3S. The number of hydrogen-bond acceptors (Lipinski definition) is 4. The summed E-state index contributed by atoms with van der Waals surface area (Å²) >= 11 is 0. The van der Waals surface area contributed by atoms with Gasteiger partial charge in [0.05, 0.1) is 11.4 Å². The van der Waals surface area contributed by atoms with E-state index in [-0.39, 0.29) is 5.75 Å². The molecule has 0 radical (unpaired) electrons. The molecule has 0 spiro atoms. The number of aliphatic imine (C=N–C) groups is 1. The lowest BCUT2D eigenvalue weighted by Gasteiger charge is -2.20. The molecule has 1 aliphatic rings. The van der Waals surface area contributed by atoms with Crippen molar-refractivity contribution >= 4 is 21.7 Å². The molecule has 1 heterocycles. The van der Waals surface area contributed by atoms with E-state index < -0.39 is 10.0 Å². The number of rotatable bonds is 12. The van der Waals surface area contributed by atoms with E-state index in [0.717, 1.165) is 50.1 Å². The zero-order chi connectivity index (χ0) is 20.2. The number of nitrogens with one attached hydrogen (secondary N) is 2. The second-order valence-corrected chi connectivity index (χ2v) is 8.79. The van der Waals surface area contributed by atoms with E-state index in [1.54, 1.807) is 0 Å². The Labute approximate surface area is 169 Å². The normalized spacial score (nSPS) is 14.2. The number of benzene rings is 1. The van der Waals surface area contributed by atoms with Crippen LogP contribution in [-0.4, -0.2) is 59.5 Å². The average Bonchev–Trinajstić information content (AvgIpc) is 3.12. The minimum Gasteiger partial charge on any atom is -0.381 e. The van der Waals surface area contributed by atoms with Gasteiger partial charge in [0.25, 0.3) is 0 Å². The quantitative estimate of drug-likeness (QED) is 0.313. The van der Waals surface area contributed by atoms with Crippen molar-refractivity contribution in [2.75, 3.05) is 49.5 Å². The van der Waals surface area contributed by atoms with Crippen LogP contribution >= 0.6 is 0 Å². The number of ether oxygens (including phenoxy) is 1. The fraction of sp³-hybridized carbons (Fsp3) is 0.650. The minimum atomic E-state index is -3.35. The number of fused-ring (bicyclic) bond motifs is 1. The summed E-state index contributed by atoms with van der Waals surface area (Å²) in [6.07, 6.45) is 3.85. The van der Waals surface area contributed by atoms with Crippen molar-refractivity contribution in [3.8, 4) is 0 Å². The summed E-state index contributed by atoms with van der Waals surface area (Å²) in [6, 6.07) is 7.70. The first-order valence-corrected chi connectivity index (χ1v) is 11.9. The predicted molar refractivity (Wildman–Crippen MR) is 116 cm³/mol. The van der Waals surface area contributed by atoms with Gasteiger partial charge in [-0.2, -0.15) is 0 Å². The lowest BCUT2D eigenvalue weighted by atomic mass is 10.2. The Kier molecular flexibility index (Phi) is 9.57. The van der Waals surface area contributed by atoms with Gasteiger partial charge in [-0.25, -0.2) is 8.42 Å². The highest BCUT2D eigenvalue weighted by Crippen LogP contribution is 2.29. The summed E-state index contributed by atoms with van der Waals surface area (Å²) in [6.45, 7) is 7.85. The lowest BCUT2D eigenvalue weighted by Crippen LogP contribution is -2.42. The molecule has 28 heavy (non-hydrogen) atoms. The van der Waals surface area contributed by atoms with Crippen molar-refractivity contribution in [1.29, 1.82) is 0 Å². The van der Waals surface area contributed by atoms with Gasteiger partial charge in [0.2, 0.25) is 10.0 Å². The number of unbranched alkanes of at least 4 members (excludes halogenated alkanes) is 1. The molecule has 7 nitrogen and oxygen atoms in total. The van der Waals surface area contributed by atoms with Gasteiger partial charge >= 0.3 is 0 Å². The molecule has 0 fully saturated rings. The van der Waals surface area contributed by atoms with E-state index in [1.807, 2.05) is 31.2 Å². The average molecular weight is 411 g/mol. The van der Waals surface area contributed by atoms with Crippen LogP contribution in [0.25, 0.3) is 0 Å². The fourth-order valence-electron chi connectivity index (χ4n) is 3.05. The van der Waals surface area contributed by atoms with Crippen LogP contribution in [0.2, 0.25) is 0 Å². The molecule has 2 rings (SSSR count). The summed E-state index contributed by atoms with van der Waals surface area (Å²) in [4.78, 5) is 4.49. The standard InChI is InChI=1S/C20H34N4O3S/c1-3-5-15-27-16-8-12-22-20(21-4-2)23-13-17-28(25,26)24-14-11-18-9-6-7-10-19(18)24/h6-7,9-10H,3-5,8,11-17H2,1-2H3,(H2,21,22,23). The molecule has 1 aliphatic heterocycles. The molecule has 158 valence electrons. The van der Waals surface area contributed by atoms with Crippen LogP contribution < -0.4 is 14.9 Å². The van der Waals surface area contributed by atoms with Crippen molar-refractivity contribution in [3.63, 3.8) is 0 Å². The maximum Gasteiger partial charge on any atom is 0.236 e. The molecule has 2 N–H and O–H groups in total. The number of nitrogens with zero attached hydrogens (tertiary/aromatic N) is 2. The van der Waals surface area contributed by atoms with Crippen molar-refractivity contribution in [3.05, 3.63) is 29.8 Å². The maximum absolute atomic E-state index is 12.7. The number of anilines is 1. The maximum atomic E-state index is 12.7. The topological polar surface area (TPSA) is 83.0 Å². The molecule has 0 unspecified atom stereocenters. The number of hydrogen-bond donors (Lipinski definition) is 2. The largest absolute Gasteiger partial charge is 0.381 e. The van der Waals surface area contributed by atoms with Crippen molar-refractivity contribution < 1.29 is 13.2 Å². The highest BCUT2D eigenvalue weighted by atomic mass is 32.2. The summed E-state index contributed by atoms with van der Waals surface area (Å²) in [5.41, 5.74) is 1.90. The molecule has 0 amide bonds. The lowest BCUT2D eigenvalue weighted by molar-refractivity contribution is 0.130. The second-order valence-electron chi connectivity index (χ2n) is 6.77. The highest BCUT2D eigenvalue weighted by Gasteiger charge is 2.28. The van der Waals surface area contributed by atoms with Crippen molar-refractivity contribution in [2.45, 2.75) is 39.5 Å². The molecule has 1 aromatic rings. The van der Waals surface area contributed by atoms with Crippen LogP contribution in [0.1, 0.15) is 38.7 Å². The van der Waals surface area contributed by atoms with E-state index in [9.17, 15) is 8.42 Å². The minimum absolute atomic E-state index is 0.0336. The molecule has 0 saturated heterocycles. The van der Waals surface area contributed by atoms with Gasteiger partial charge in [-0.15, -0.1) is 0 Å². The Bertz CT molecular complexity index is 722. The highest BCUT2D eigenvalue weighted by molar-refractivity contribution is 7.92. The predicted octanol–water partition coefficient (Wildman–Crippen LogP) is 2.14. The Balaban J connectivity index is 1.78. The van der Waals surface area contributed by atoms with Gasteiger partial charge in [-0.3, -0.25) is 9.30 Å². The second kappa shape index (κ2) is 11.9. The third-order valence-electron chi connectivity index (χ3n) is 4.54. The zero-order valence-corrected chi connectivity index (χ0v) is 17.9. The van der Waals surface area contributed by atoms with Crippen LogP contribution in [0.5, 0.6) is 0 Å². The molecule has 0 aromatic heterocycles. The van der Waals surface area contributed by atoms with E-state index in [2.05, 4.69) is 22.5 Å². The van der Waals surface area contributed by atoms with Gasteiger partial charge in [0.15, 0.2) is 5.96 Å². The zero-order valence-electron chi connectivity index (χ0n) is 17.1. The Morgan fingerprint density at radius 1 is 1.18 bits per heavy atom. The monoisotopic (exact) mass is 410 g/mol. The molecule has 8 heteroatoms. The molecular weight excluding hydrogens is 376 g/mol. The van der Waals surface area contributed by atoms with E-state index in [1.165, 1.54) is 4.31 Å². The van der Waals surface area contributed by atoms with Crippen LogP contribution in [0.4, 0.5) is 5.69 Å². The van der Waals surface area contributed by atoms with Crippen molar-refractivity contribution in [2.24, 2.45) is 4.99 Å². The van der Waals surface area contributed by atoms with Crippen LogP contribution in [0, 0.1) is 0 Å². The van der Waals surface area contributed by atoms with Gasteiger partial charge in [0.1, 0.15) is 0 Å². The first-order valence-electron chi connectivity index (χ1n) is 10.3. The summed E-state index contributed by atoms with van der Waals surface area (Å²) in [7, 11) is -3.35. The molecule has 0 bridgehead atoms. The first kappa shape index (κ1) is 22.5. The Morgan fingerprint density at radius 2 is 1.96 bits per heavy atom. The summed E-state index contributed by atoms with van der Waals surface area (Å²) in [5, 5.41) is 6.28. The molecule has 1 aromatic carbocycles. The van der Waals surface area contributed by atoms with Gasteiger partial charge < -0.3 is 15.4 Å². The van der Waals surface area contributed by atoms with E-state index in [0.29, 0.717) is 32.2 Å². The third kappa shape index (κ3) is 6.98. The molecule has 0 atom stereocenters. The molecule has 0 aliphatic carbocycles. The van der Waals surface area contributed by atoms with E-state index >= 15 is 0 Å².